The smallest absolute Gasteiger partial charge is 0.255 e. The van der Waals surface area contributed by atoms with Gasteiger partial charge in [-0.25, -0.2) is 13.1 Å². The molecule has 0 spiro atoms. The van der Waals surface area contributed by atoms with Gasteiger partial charge in [-0.05, 0) is 61.0 Å². The predicted octanol–water partition coefficient (Wildman–Crippen LogP) is 3.78. The second-order valence-electron chi connectivity index (χ2n) is 6.32. The lowest BCUT2D eigenvalue weighted by molar-refractivity contribution is 0.102. The van der Waals surface area contributed by atoms with Gasteiger partial charge in [-0.3, -0.25) is 4.79 Å². The summed E-state index contributed by atoms with van der Waals surface area (Å²) in [6.45, 7) is 3.52. The third-order valence-corrected chi connectivity index (χ3v) is 5.50. The van der Waals surface area contributed by atoms with Crippen LogP contribution in [0, 0.1) is 0 Å². The highest BCUT2D eigenvalue weighted by atomic mass is 32.2. The van der Waals surface area contributed by atoms with Crippen molar-refractivity contribution in [3.8, 4) is 0 Å². The van der Waals surface area contributed by atoms with Crippen LogP contribution in [0.1, 0.15) is 24.2 Å². The minimum atomic E-state index is -3.54. The molecule has 0 heterocycles. The summed E-state index contributed by atoms with van der Waals surface area (Å²) in [6.07, 6.45) is 0. The zero-order valence-electron chi connectivity index (χ0n) is 14.6. The average molecular weight is 368 g/mol. The van der Waals surface area contributed by atoms with E-state index in [0.717, 1.165) is 10.8 Å². The number of amides is 1. The molecule has 2 N–H and O–H groups in total. The van der Waals surface area contributed by atoms with Crippen LogP contribution in [0.4, 0.5) is 5.69 Å². The Bertz CT molecular complexity index is 1040. The van der Waals surface area contributed by atoms with E-state index in [9.17, 15) is 13.2 Å². The van der Waals surface area contributed by atoms with Crippen LogP contribution in [0.15, 0.2) is 71.6 Å². The van der Waals surface area contributed by atoms with E-state index in [2.05, 4.69) is 10.0 Å². The molecule has 0 saturated heterocycles. The van der Waals surface area contributed by atoms with Crippen molar-refractivity contribution in [3.63, 3.8) is 0 Å². The van der Waals surface area contributed by atoms with Crippen LogP contribution in [0.5, 0.6) is 0 Å². The maximum absolute atomic E-state index is 12.4. The standard InChI is InChI=1S/C20H20N2O3S/c1-14(2)22-26(24,25)19-11-9-18(10-12-19)21-20(23)17-8-7-15-5-3-4-6-16(15)13-17/h3-14,22H,1-2H3,(H,21,23). The van der Waals surface area contributed by atoms with Gasteiger partial charge in [0.25, 0.3) is 5.91 Å². The fourth-order valence-electron chi connectivity index (χ4n) is 2.63. The summed E-state index contributed by atoms with van der Waals surface area (Å²) in [5.74, 6) is -0.244. The molecular formula is C20H20N2O3S. The van der Waals surface area contributed by atoms with E-state index in [1.165, 1.54) is 12.1 Å². The van der Waals surface area contributed by atoms with Gasteiger partial charge < -0.3 is 5.32 Å². The lowest BCUT2D eigenvalue weighted by atomic mass is 10.1. The maximum atomic E-state index is 12.4. The summed E-state index contributed by atoms with van der Waals surface area (Å²) >= 11 is 0. The number of carbonyl (C=O) groups is 1. The molecule has 26 heavy (non-hydrogen) atoms. The van der Waals surface area contributed by atoms with E-state index in [1.54, 1.807) is 32.0 Å². The number of sulfonamides is 1. The second-order valence-corrected chi connectivity index (χ2v) is 8.03. The summed E-state index contributed by atoms with van der Waals surface area (Å²) < 4.78 is 26.8. The number of fused-ring (bicyclic) bond motifs is 1. The highest BCUT2D eigenvalue weighted by Gasteiger charge is 2.15. The zero-order chi connectivity index (χ0) is 18.7. The van der Waals surface area contributed by atoms with E-state index in [1.807, 2.05) is 36.4 Å². The van der Waals surface area contributed by atoms with Gasteiger partial charge in [-0.1, -0.05) is 30.3 Å². The first-order chi connectivity index (χ1) is 12.3. The summed E-state index contributed by atoms with van der Waals surface area (Å²) in [4.78, 5) is 12.6. The molecule has 3 aromatic carbocycles. The monoisotopic (exact) mass is 368 g/mol. The van der Waals surface area contributed by atoms with Crippen LogP contribution in [0.3, 0.4) is 0 Å². The van der Waals surface area contributed by atoms with E-state index in [-0.39, 0.29) is 16.8 Å². The summed E-state index contributed by atoms with van der Waals surface area (Å²) in [5, 5.41) is 4.84. The Hall–Kier alpha value is -2.70. The van der Waals surface area contributed by atoms with Gasteiger partial charge in [-0.15, -0.1) is 0 Å². The summed E-state index contributed by atoms with van der Waals surface area (Å²) in [7, 11) is -3.54. The first-order valence-corrected chi connectivity index (χ1v) is 9.76. The molecule has 5 nitrogen and oxygen atoms in total. The van der Waals surface area contributed by atoms with Crippen LogP contribution in [-0.4, -0.2) is 20.4 Å². The topological polar surface area (TPSA) is 75.3 Å². The van der Waals surface area contributed by atoms with Gasteiger partial charge in [0.15, 0.2) is 0 Å². The Morgan fingerprint density at radius 3 is 2.19 bits per heavy atom. The largest absolute Gasteiger partial charge is 0.322 e. The number of carbonyl (C=O) groups excluding carboxylic acids is 1. The van der Waals surface area contributed by atoms with E-state index in [4.69, 9.17) is 0 Å². The Morgan fingerprint density at radius 2 is 1.54 bits per heavy atom. The van der Waals surface area contributed by atoms with E-state index >= 15 is 0 Å². The van der Waals surface area contributed by atoms with Crippen LogP contribution in [-0.2, 0) is 10.0 Å². The molecule has 6 heteroatoms. The molecule has 0 aliphatic carbocycles. The SMILES string of the molecule is CC(C)NS(=O)(=O)c1ccc(NC(=O)c2ccc3ccccc3c2)cc1. The van der Waals surface area contributed by atoms with Crippen molar-refractivity contribution < 1.29 is 13.2 Å². The fraction of sp³-hybridized carbons (Fsp3) is 0.150. The number of hydrogen-bond donors (Lipinski definition) is 2. The van der Waals surface area contributed by atoms with Crippen LogP contribution >= 0.6 is 0 Å². The molecule has 3 aromatic rings. The summed E-state index contributed by atoms with van der Waals surface area (Å²) in [5.41, 5.74) is 1.08. The Balaban J connectivity index is 1.76. The number of nitrogens with one attached hydrogen (secondary N) is 2. The molecular weight excluding hydrogens is 348 g/mol. The number of hydrogen-bond acceptors (Lipinski definition) is 3. The molecule has 0 aliphatic rings. The molecule has 0 unspecified atom stereocenters. The number of anilines is 1. The minimum absolute atomic E-state index is 0.162. The highest BCUT2D eigenvalue weighted by Crippen LogP contribution is 2.18. The maximum Gasteiger partial charge on any atom is 0.255 e. The van der Waals surface area contributed by atoms with Gasteiger partial charge in [0.1, 0.15) is 0 Å². The first kappa shape index (κ1) is 18.1. The van der Waals surface area contributed by atoms with Crippen molar-refractivity contribution in [2.75, 3.05) is 5.32 Å². The molecule has 3 rings (SSSR count). The van der Waals surface area contributed by atoms with Gasteiger partial charge >= 0.3 is 0 Å². The third-order valence-electron chi connectivity index (χ3n) is 3.82. The van der Waals surface area contributed by atoms with Crippen molar-refractivity contribution in [3.05, 3.63) is 72.3 Å². The Kier molecular flexibility index (Phi) is 5.06. The third kappa shape index (κ3) is 4.09. The molecule has 0 atom stereocenters. The molecule has 134 valence electrons. The van der Waals surface area contributed by atoms with Crippen molar-refractivity contribution in [1.82, 2.24) is 4.72 Å². The van der Waals surface area contributed by atoms with Crippen LogP contribution < -0.4 is 10.0 Å². The molecule has 1 amide bonds. The fourth-order valence-corrected chi connectivity index (χ4v) is 3.88. The Morgan fingerprint density at radius 1 is 0.885 bits per heavy atom. The van der Waals surface area contributed by atoms with Gasteiger partial charge in [-0.2, -0.15) is 0 Å². The van der Waals surface area contributed by atoms with E-state index in [0.29, 0.717) is 11.3 Å². The molecule has 0 saturated carbocycles. The predicted molar refractivity (Wildman–Crippen MR) is 104 cm³/mol. The van der Waals surface area contributed by atoms with Crippen molar-refractivity contribution in [1.29, 1.82) is 0 Å². The van der Waals surface area contributed by atoms with Crippen molar-refractivity contribution in [2.45, 2.75) is 24.8 Å². The van der Waals surface area contributed by atoms with Gasteiger partial charge in [0.2, 0.25) is 10.0 Å². The van der Waals surface area contributed by atoms with Gasteiger partial charge in [0.05, 0.1) is 4.90 Å². The zero-order valence-corrected chi connectivity index (χ0v) is 15.4. The molecule has 0 fully saturated rings. The molecule has 0 aromatic heterocycles. The second kappa shape index (κ2) is 7.27. The van der Waals surface area contributed by atoms with Crippen LogP contribution in [0.25, 0.3) is 10.8 Å². The number of benzene rings is 3. The number of rotatable bonds is 5. The Labute approximate surface area is 153 Å². The quantitative estimate of drug-likeness (QED) is 0.720. The first-order valence-electron chi connectivity index (χ1n) is 8.28. The van der Waals surface area contributed by atoms with Crippen molar-refractivity contribution in [2.24, 2.45) is 0 Å². The average Bonchev–Trinajstić information content (AvgIpc) is 2.60. The molecule has 0 bridgehead atoms. The minimum Gasteiger partial charge on any atom is -0.322 e. The van der Waals surface area contributed by atoms with Crippen LogP contribution in [0.2, 0.25) is 0 Å². The lowest BCUT2D eigenvalue weighted by Crippen LogP contribution is -2.30. The highest BCUT2D eigenvalue weighted by molar-refractivity contribution is 7.89. The lowest BCUT2D eigenvalue weighted by Gasteiger charge is -2.10. The molecule has 0 radical (unpaired) electrons. The van der Waals surface area contributed by atoms with Gasteiger partial charge in [0, 0.05) is 17.3 Å². The van der Waals surface area contributed by atoms with Crippen molar-refractivity contribution >= 4 is 32.4 Å². The van der Waals surface area contributed by atoms with E-state index < -0.39 is 10.0 Å². The summed E-state index contributed by atoms with van der Waals surface area (Å²) in [6, 6.07) is 19.2. The normalized spacial score (nSPS) is 11.7. The molecule has 0 aliphatic heterocycles.